The van der Waals surface area contributed by atoms with Gasteiger partial charge in [-0.1, -0.05) is 59.2 Å². The lowest BCUT2D eigenvalue weighted by Gasteiger charge is -2.13. The number of aromatic nitrogens is 3. The monoisotopic (exact) mass is 447 g/mol. The van der Waals surface area contributed by atoms with Crippen molar-refractivity contribution in [2.24, 2.45) is 0 Å². The third-order valence-corrected chi connectivity index (χ3v) is 6.21. The van der Waals surface area contributed by atoms with Crippen LogP contribution in [0.2, 0.25) is 10.0 Å². The molecule has 1 heterocycles. The number of carbonyl (C=O) groups excluding carboxylic acids is 1. The first-order valence-corrected chi connectivity index (χ1v) is 10.9. The number of para-hydroxylation sites is 1. The van der Waals surface area contributed by atoms with Crippen molar-refractivity contribution >= 4 is 40.7 Å². The van der Waals surface area contributed by atoms with E-state index in [0.717, 1.165) is 23.8 Å². The fourth-order valence-electron chi connectivity index (χ4n) is 2.98. The first-order valence-electron chi connectivity index (χ1n) is 9.30. The third-order valence-electron chi connectivity index (χ3n) is 4.60. The predicted octanol–water partition coefficient (Wildman–Crippen LogP) is 5.86. The molecule has 2 aromatic carbocycles. The Labute approximate surface area is 183 Å². The molecule has 0 radical (unpaired) electrons. The third kappa shape index (κ3) is 4.77. The standard InChI is InChI=1S/C21H19Cl2N3O2S/c1-13(20(27)14-5-4-6-15(22)11-14)29-21-25-24-19(26(21)16-9-10-16)12-28-18-8-3-2-7-17(18)23/h2-8,11,13,16H,9-10,12H2,1H3/t13-/m0/s1. The highest BCUT2D eigenvalue weighted by molar-refractivity contribution is 8.00. The highest BCUT2D eigenvalue weighted by Crippen LogP contribution is 2.40. The summed E-state index contributed by atoms with van der Waals surface area (Å²) in [6.45, 7) is 2.14. The maximum atomic E-state index is 12.8. The molecule has 29 heavy (non-hydrogen) atoms. The van der Waals surface area contributed by atoms with Crippen LogP contribution in [0.3, 0.4) is 0 Å². The van der Waals surface area contributed by atoms with Gasteiger partial charge in [-0.2, -0.15) is 0 Å². The van der Waals surface area contributed by atoms with E-state index in [-0.39, 0.29) is 17.6 Å². The molecule has 0 bridgehead atoms. The molecule has 0 saturated heterocycles. The van der Waals surface area contributed by atoms with E-state index in [1.54, 1.807) is 30.3 Å². The topological polar surface area (TPSA) is 57.0 Å². The number of ketones is 1. The van der Waals surface area contributed by atoms with E-state index in [1.807, 2.05) is 25.1 Å². The summed E-state index contributed by atoms with van der Waals surface area (Å²) in [7, 11) is 0. The Morgan fingerprint density at radius 1 is 1.21 bits per heavy atom. The minimum Gasteiger partial charge on any atom is -0.484 e. The smallest absolute Gasteiger partial charge is 0.192 e. The summed E-state index contributed by atoms with van der Waals surface area (Å²) in [6.07, 6.45) is 2.14. The average molecular weight is 448 g/mol. The second-order valence-electron chi connectivity index (χ2n) is 6.85. The number of thioether (sulfide) groups is 1. The van der Waals surface area contributed by atoms with Crippen LogP contribution in [0.4, 0.5) is 0 Å². The number of rotatable bonds is 8. The molecule has 1 atom stereocenters. The zero-order valence-corrected chi connectivity index (χ0v) is 18.0. The molecule has 5 nitrogen and oxygen atoms in total. The first kappa shape index (κ1) is 20.3. The van der Waals surface area contributed by atoms with Crippen molar-refractivity contribution in [3.8, 4) is 5.75 Å². The normalized spacial score (nSPS) is 14.6. The van der Waals surface area contributed by atoms with Crippen LogP contribution in [0.15, 0.2) is 53.7 Å². The van der Waals surface area contributed by atoms with Crippen LogP contribution in [-0.2, 0) is 6.61 Å². The van der Waals surface area contributed by atoms with E-state index in [0.29, 0.717) is 27.4 Å². The average Bonchev–Trinajstić information content (AvgIpc) is 3.48. The lowest BCUT2D eigenvalue weighted by atomic mass is 10.1. The van der Waals surface area contributed by atoms with Crippen molar-refractivity contribution in [1.82, 2.24) is 14.8 Å². The number of hydrogen-bond acceptors (Lipinski definition) is 5. The van der Waals surface area contributed by atoms with Crippen LogP contribution in [-0.4, -0.2) is 25.8 Å². The van der Waals surface area contributed by atoms with Gasteiger partial charge in [0.1, 0.15) is 12.4 Å². The summed E-state index contributed by atoms with van der Waals surface area (Å²) in [5.41, 5.74) is 0.595. The minimum absolute atomic E-state index is 0.0108. The minimum atomic E-state index is -0.312. The van der Waals surface area contributed by atoms with Crippen LogP contribution in [0.1, 0.15) is 42.0 Å². The van der Waals surface area contributed by atoms with Gasteiger partial charge in [0.05, 0.1) is 10.3 Å². The molecule has 0 unspecified atom stereocenters. The Bertz CT molecular complexity index is 1040. The highest BCUT2D eigenvalue weighted by Gasteiger charge is 2.31. The molecule has 0 spiro atoms. The van der Waals surface area contributed by atoms with Crippen molar-refractivity contribution in [3.63, 3.8) is 0 Å². The highest BCUT2D eigenvalue weighted by atomic mass is 35.5. The van der Waals surface area contributed by atoms with E-state index in [4.69, 9.17) is 27.9 Å². The van der Waals surface area contributed by atoms with Crippen molar-refractivity contribution in [2.75, 3.05) is 0 Å². The second-order valence-corrected chi connectivity index (χ2v) is 9.01. The van der Waals surface area contributed by atoms with Crippen LogP contribution in [0.25, 0.3) is 0 Å². The first-order chi connectivity index (χ1) is 14.0. The molecule has 1 saturated carbocycles. The summed E-state index contributed by atoms with van der Waals surface area (Å²) >= 11 is 13.6. The molecule has 0 amide bonds. The van der Waals surface area contributed by atoms with E-state index >= 15 is 0 Å². The fraction of sp³-hybridized carbons (Fsp3) is 0.286. The molecule has 0 N–H and O–H groups in total. The van der Waals surface area contributed by atoms with E-state index in [2.05, 4.69) is 14.8 Å². The van der Waals surface area contributed by atoms with Crippen LogP contribution < -0.4 is 4.74 Å². The molecule has 4 rings (SSSR count). The van der Waals surface area contributed by atoms with E-state index in [1.165, 1.54) is 11.8 Å². The maximum Gasteiger partial charge on any atom is 0.192 e. The Morgan fingerprint density at radius 3 is 2.72 bits per heavy atom. The number of halogens is 2. The molecule has 3 aromatic rings. The molecule has 1 fully saturated rings. The van der Waals surface area contributed by atoms with Crippen molar-refractivity contribution in [3.05, 3.63) is 70.0 Å². The van der Waals surface area contributed by atoms with Gasteiger partial charge in [-0.15, -0.1) is 10.2 Å². The van der Waals surface area contributed by atoms with Gasteiger partial charge in [0, 0.05) is 16.6 Å². The molecular weight excluding hydrogens is 429 g/mol. The summed E-state index contributed by atoms with van der Waals surface area (Å²) in [5.74, 6) is 1.35. The second kappa shape index (κ2) is 8.78. The quantitative estimate of drug-likeness (QED) is 0.319. The molecule has 0 aliphatic heterocycles. The number of carbonyl (C=O) groups is 1. The Morgan fingerprint density at radius 2 is 2.00 bits per heavy atom. The molecular formula is C21H19Cl2N3O2S. The van der Waals surface area contributed by atoms with Crippen LogP contribution in [0.5, 0.6) is 5.75 Å². The number of nitrogens with zero attached hydrogens (tertiary/aromatic N) is 3. The molecule has 1 aromatic heterocycles. The summed E-state index contributed by atoms with van der Waals surface area (Å²) in [5, 5.41) is 10.2. The Kier molecular flexibility index (Phi) is 6.13. The van der Waals surface area contributed by atoms with Crippen molar-refractivity contribution in [2.45, 2.75) is 42.8 Å². The maximum absolute atomic E-state index is 12.8. The van der Waals surface area contributed by atoms with Crippen LogP contribution in [0, 0.1) is 0 Å². The molecule has 8 heteroatoms. The molecule has 1 aliphatic carbocycles. The Hall–Kier alpha value is -2.02. The van der Waals surface area contributed by atoms with Gasteiger partial charge in [-0.3, -0.25) is 9.36 Å². The zero-order chi connectivity index (χ0) is 20.4. The fourth-order valence-corrected chi connectivity index (χ4v) is 4.37. The van der Waals surface area contributed by atoms with Gasteiger partial charge in [0.15, 0.2) is 16.8 Å². The number of hydrogen-bond donors (Lipinski definition) is 0. The van der Waals surface area contributed by atoms with Gasteiger partial charge in [0.25, 0.3) is 0 Å². The Balaban J connectivity index is 1.49. The number of benzene rings is 2. The summed E-state index contributed by atoms with van der Waals surface area (Å²) < 4.78 is 7.93. The molecule has 1 aliphatic rings. The number of Topliss-reactive ketones (excluding diaryl/α,β-unsaturated/α-hetero) is 1. The van der Waals surface area contributed by atoms with E-state index in [9.17, 15) is 4.79 Å². The van der Waals surface area contributed by atoms with Crippen molar-refractivity contribution < 1.29 is 9.53 Å². The lowest BCUT2D eigenvalue weighted by Crippen LogP contribution is -2.15. The van der Waals surface area contributed by atoms with Gasteiger partial charge < -0.3 is 4.74 Å². The lowest BCUT2D eigenvalue weighted by molar-refractivity contribution is 0.0994. The van der Waals surface area contributed by atoms with Crippen molar-refractivity contribution in [1.29, 1.82) is 0 Å². The summed E-state index contributed by atoms with van der Waals surface area (Å²) in [6, 6.07) is 14.7. The van der Waals surface area contributed by atoms with Gasteiger partial charge >= 0.3 is 0 Å². The summed E-state index contributed by atoms with van der Waals surface area (Å²) in [4.78, 5) is 12.8. The van der Waals surface area contributed by atoms with Gasteiger partial charge in [-0.25, -0.2) is 0 Å². The van der Waals surface area contributed by atoms with E-state index < -0.39 is 0 Å². The zero-order valence-electron chi connectivity index (χ0n) is 15.7. The SMILES string of the molecule is C[C@H](Sc1nnc(COc2ccccc2Cl)n1C1CC1)C(=O)c1cccc(Cl)c1. The predicted molar refractivity (Wildman–Crippen MR) is 115 cm³/mol. The number of ether oxygens (including phenoxy) is 1. The van der Waals surface area contributed by atoms with Gasteiger partial charge in [-0.05, 0) is 44.0 Å². The molecule has 150 valence electrons. The van der Waals surface area contributed by atoms with Gasteiger partial charge in [0.2, 0.25) is 0 Å². The largest absolute Gasteiger partial charge is 0.484 e. The van der Waals surface area contributed by atoms with Crippen LogP contribution >= 0.6 is 35.0 Å².